The minimum atomic E-state index is -0.874. The topological polar surface area (TPSA) is 84.9 Å². The van der Waals surface area contributed by atoms with Crippen molar-refractivity contribution in [1.29, 1.82) is 0 Å². The van der Waals surface area contributed by atoms with Crippen LogP contribution in [0.2, 0.25) is 0 Å². The number of likely N-dealkylation sites (tertiary alicyclic amines) is 1. The monoisotopic (exact) mass is 475 g/mol. The summed E-state index contributed by atoms with van der Waals surface area (Å²) in [4.78, 5) is 15.1. The third kappa shape index (κ3) is 4.02. The first-order valence-corrected chi connectivity index (χ1v) is 12.1. The Labute approximate surface area is 199 Å². The molecule has 0 N–H and O–H groups in total. The predicted octanol–water partition coefficient (Wildman–Crippen LogP) is 2.81. The van der Waals surface area contributed by atoms with Gasteiger partial charge < -0.3 is 33.2 Å². The molecule has 1 aromatic rings. The Morgan fingerprint density at radius 1 is 1.00 bits per heavy atom. The van der Waals surface area contributed by atoms with E-state index in [0.29, 0.717) is 13.2 Å². The normalized spacial score (nSPS) is 41.7. The molecule has 6 rings (SSSR count). The molecule has 186 valence electrons. The van der Waals surface area contributed by atoms with Crippen molar-refractivity contribution in [3.05, 3.63) is 35.9 Å². The van der Waals surface area contributed by atoms with E-state index in [-0.39, 0.29) is 49.1 Å². The number of hydrogen-bond donors (Lipinski definition) is 0. The molecule has 1 amide bonds. The molecule has 9 nitrogen and oxygen atoms in total. The highest BCUT2D eigenvalue weighted by Gasteiger charge is 2.63. The highest BCUT2D eigenvalue weighted by molar-refractivity contribution is 5.69. The van der Waals surface area contributed by atoms with Gasteiger partial charge in [-0.3, -0.25) is 4.90 Å². The van der Waals surface area contributed by atoms with E-state index in [1.807, 2.05) is 58.0 Å². The number of rotatable bonds is 3. The summed E-state index contributed by atoms with van der Waals surface area (Å²) in [5.74, 6) is -1.62. The second-order valence-electron chi connectivity index (χ2n) is 10.7. The highest BCUT2D eigenvalue weighted by Crippen LogP contribution is 2.48. The molecule has 5 aliphatic heterocycles. The number of carbonyl (C=O) groups is 1. The molecule has 5 fully saturated rings. The molecule has 1 aromatic carbocycles. The van der Waals surface area contributed by atoms with Crippen LogP contribution in [0.15, 0.2) is 30.3 Å². The van der Waals surface area contributed by atoms with Crippen LogP contribution in [-0.4, -0.2) is 78.6 Å². The van der Waals surface area contributed by atoms with Gasteiger partial charge in [0.05, 0.1) is 31.4 Å². The van der Waals surface area contributed by atoms with E-state index in [9.17, 15) is 4.79 Å². The standard InChI is InChI=1S/C25H33NO8/c1-24(2)31-17-11-26(23(27)29-12-14-8-6-5-7-9-14)18(21(17)34-24)19-16-10-15-13-28-22(30-15)20(16)33-25(3,4)32-19/h5-9,15-22H,10-13H2,1-4H3/t15-,16+,17-,18+,19-,20-,21-,22+/m0/s1. The van der Waals surface area contributed by atoms with E-state index in [4.69, 9.17) is 33.2 Å². The van der Waals surface area contributed by atoms with Crippen molar-refractivity contribution in [3.63, 3.8) is 0 Å². The smallest absolute Gasteiger partial charge is 0.410 e. The molecule has 5 saturated heterocycles. The zero-order chi connectivity index (χ0) is 23.7. The maximum Gasteiger partial charge on any atom is 0.410 e. The lowest BCUT2D eigenvalue weighted by atomic mass is 9.81. The van der Waals surface area contributed by atoms with E-state index in [2.05, 4.69) is 0 Å². The zero-order valence-electron chi connectivity index (χ0n) is 20.0. The van der Waals surface area contributed by atoms with Gasteiger partial charge in [0.2, 0.25) is 0 Å². The quantitative estimate of drug-likeness (QED) is 0.660. The number of nitrogens with zero attached hydrogens (tertiary/aromatic N) is 1. The van der Waals surface area contributed by atoms with Crippen LogP contribution < -0.4 is 0 Å². The third-order valence-corrected chi connectivity index (χ3v) is 7.33. The fourth-order valence-electron chi connectivity index (χ4n) is 6.11. The first kappa shape index (κ1) is 22.7. The first-order valence-electron chi connectivity index (χ1n) is 12.1. The van der Waals surface area contributed by atoms with Gasteiger partial charge in [-0.25, -0.2) is 4.79 Å². The van der Waals surface area contributed by atoms with E-state index < -0.39 is 24.0 Å². The summed E-state index contributed by atoms with van der Waals surface area (Å²) < 4.78 is 42.9. The van der Waals surface area contributed by atoms with Gasteiger partial charge in [-0.15, -0.1) is 0 Å². The van der Waals surface area contributed by atoms with Gasteiger partial charge in [-0.1, -0.05) is 30.3 Å². The Morgan fingerprint density at radius 3 is 2.50 bits per heavy atom. The number of benzene rings is 1. The van der Waals surface area contributed by atoms with E-state index in [1.54, 1.807) is 4.90 Å². The molecular formula is C25H33NO8. The molecule has 0 unspecified atom stereocenters. The Bertz CT molecular complexity index is 923. The van der Waals surface area contributed by atoms with Gasteiger partial charge in [0, 0.05) is 5.92 Å². The van der Waals surface area contributed by atoms with E-state index in [0.717, 1.165) is 12.0 Å². The molecule has 5 heterocycles. The Balaban J connectivity index is 1.29. The minimum absolute atomic E-state index is 0.00460. The first-order chi connectivity index (χ1) is 16.2. The zero-order valence-corrected chi connectivity index (χ0v) is 20.0. The van der Waals surface area contributed by atoms with Gasteiger partial charge in [0.1, 0.15) is 24.9 Å². The van der Waals surface area contributed by atoms with Crippen molar-refractivity contribution in [1.82, 2.24) is 4.90 Å². The summed E-state index contributed by atoms with van der Waals surface area (Å²) in [6.07, 6.45) is -1.33. The van der Waals surface area contributed by atoms with Crippen LogP contribution >= 0.6 is 0 Å². The van der Waals surface area contributed by atoms with Gasteiger partial charge in [0.25, 0.3) is 0 Å². The molecule has 0 spiro atoms. The van der Waals surface area contributed by atoms with Gasteiger partial charge in [0.15, 0.2) is 17.9 Å². The fourth-order valence-corrected chi connectivity index (χ4v) is 6.11. The molecule has 0 aromatic heterocycles. The number of amides is 1. The summed E-state index contributed by atoms with van der Waals surface area (Å²) >= 11 is 0. The van der Waals surface area contributed by atoms with Crippen molar-refractivity contribution < 1.29 is 38.0 Å². The molecule has 5 aliphatic rings. The van der Waals surface area contributed by atoms with Crippen molar-refractivity contribution in [2.45, 2.75) is 95.1 Å². The largest absolute Gasteiger partial charge is 0.445 e. The lowest BCUT2D eigenvalue weighted by Gasteiger charge is -2.52. The van der Waals surface area contributed by atoms with E-state index >= 15 is 0 Å². The lowest BCUT2D eigenvalue weighted by Crippen LogP contribution is -2.64. The maximum absolute atomic E-state index is 13.4. The summed E-state index contributed by atoms with van der Waals surface area (Å²) in [6.45, 7) is 8.70. The second kappa shape index (κ2) is 8.15. The number of ether oxygens (including phenoxy) is 7. The fraction of sp³-hybridized carbons (Fsp3) is 0.720. The average molecular weight is 476 g/mol. The third-order valence-electron chi connectivity index (χ3n) is 7.33. The Kier molecular flexibility index (Phi) is 5.44. The summed E-state index contributed by atoms with van der Waals surface area (Å²) in [7, 11) is 0. The van der Waals surface area contributed by atoms with Gasteiger partial charge in [-0.2, -0.15) is 0 Å². The average Bonchev–Trinajstić information content (AvgIpc) is 3.42. The second-order valence-corrected chi connectivity index (χ2v) is 10.7. The Hall–Kier alpha value is -1.75. The van der Waals surface area contributed by atoms with Crippen molar-refractivity contribution >= 4 is 6.09 Å². The van der Waals surface area contributed by atoms with Crippen LogP contribution in [0.3, 0.4) is 0 Å². The summed E-state index contributed by atoms with van der Waals surface area (Å²) in [5, 5.41) is 0. The van der Waals surface area contributed by atoms with Crippen molar-refractivity contribution in [3.8, 4) is 0 Å². The molecule has 9 heteroatoms. The maximum atomic E-state index is 13.4. The molecule has 8 atom stereocenters. The number of fused-ring (bicyclic) bond motifs is 5. The number of carbonyl (C=O) groups excluding carboxylic acids is 1. The molecule has 0 saturated carbocycles. The van der Waals surface area contributed by atoms with Crippen LogP contribution in [0, 0.1) is 5.92 Å². The van der Waals surface area contributed by atoms with E-state index in [1.165, 1.54) is 0 Å². The van der Waals surface area contributed by atoms with Crippen LogP contribution in [0.5, 0.6) is 0 Å². The minimum Gasteiger partial charge on any atom is -0.445 e. The summed E-state index contributed by atoms with van der Waals surface area (Å²) in [5.41, 5.74) is 0.932. The highest BCUT2D eigenvalue weighted by atomic mass is 16.8. The molecular weight excluding hydrogens is 442 g/mol. The van der Waals surface area contributed by atoms with Crippen LogP contribution in [-0.2, 0) is 39.8 Å². The molecule has 0 radical (unpaired) electrons. The Morgan fingerprint density at radius 2 is 1.71 bits per heavy atom. The predicted molar refractivity (Wildman–Crippen MR) is 117 cm³/mol. The van der Waals surface area contributed by atoms with Crippen molar-refractivity contribution in [2.75, 3.05) is 13.2 Å². The van der Waals surface area contributed by atoms with Gasteiger partial charge >= 0.3 is 6.09 Å². The van der Waals surface area contributed by atoms with Gasteiger partial charge in [-0.05, 0) is 39.7 Å². The van der Waals surface area contributed by atoms with Crippen LogP contribution in [0.4, 0.5) is 4.79 Å². The molecule has 0 aliphatic carbocycles. The molecule has 34 heavy (non-hydrogen) atoms. The SMILES string of the molecule is CC1(C)O[C@@H]2[C@@H]3OC[C@H](C[C@@H]2[C@@H]([C@@H]2[C@H]4OC(C)(C)O[C@H]4CN2C(=O)OCc2ccccc2)O1)O3. The van der Waals surface area contributed by atoms with Crippen LogP contribution in [0.1, 0.15) is 39.7 Å². The molecule has 2 bridgehead atoms. The van der Waals surface area contributed by atoms with Crippen molar-refractivity contribution in [2.24, 2.45) is 5.92 Å². The number of hydrogen-bond acceptors (Lipinski definition) is 8. The summed E-state index contributed by atoms with van der Waals surface area (Å²) in [6, 6.07) is 9.27. The van der Waals surface area contributed by atoms with Crippen LogP contribution in [0.25, 0.3) is 0 Å². The lowest BCUT2D eigenvalue weighted by molar-refractivity contribution is -0.370.